The van der Waals surface area contributed by atoms with Gasteiger partial charge in [-0.2, -0.15) is 0 Å². The van der Waals surface area contributed by atoms with E-state index in [1.54, 1.807) is 0 Å². The first-order valence-electron chi connectivity index (χ1n) is 6.23. The zero-order valence-electron chi connectivity index (χ0n) is 10.8. The third-order valence-corrected chi connectivity index (χ3v) is 2.49. The summed E-state index contributed by atoms with van der Waals surface area (Å²) in [5.41, 5.74) is -0.0736. The van der Waals surface area contributed by atoms with Crippen LogP contribution in [-0.2, 0) is 0 Å². The van der Waals surface area contributed by atoms with Crippen LogP contribution in [0.5, 0.6) is 5.75 Å². The normalized spacial score (nSPS) is 10.0. The molecule has 2 aromatic rings. The molecule has 0 amide bonds. The SMILES string of the molecule is O=C(O)c1cncc(NCCCOc2ccccc2)n1. The minimum Gasteiger partial charge on any atom is -0.494 e. The van der Waals surface area contributed by atoms with E-state index in [4.69, 9.17) is 9.84 Å². The molecule has 0 saturated heterocycles. The lowest BCUT2D eigenvalue weighted by molar-refractivity contribution is 0.0690. The lowest BCUT2D eigenvalue weighted by Crippen LogP contribution is -2.10. The highest BCUT2D eigenvalue weighted by molar-refractivity contribution is 5.85. The summed E-state index contributed by atoms with van der Waals surface area (Å²) in [6.07, 6.45) is 3.48. The molecule has 2 rings (SSSR count). The van der Waals surface area contributed by atoms with Crippen LogP contribution in [0.4, 0.5) is 5.82 Å². The molecule has 1 heterocycles. The van der Waals surface area contributed by atoms with Gasteiger partial charge >= 0.3 is 5.97 Å². The van der Waals surface area contributed by atoms with Crippen LogP contribution >= 0.6 is 0 Å². The summed E-state index contributed by atoms with van der Waals surface area (Å²) in [4.78, 5) is 18.5. The quantitative estimate of drug-likeness (QED) is 0.751. The Balaban J connectivity index is 1.71. The molecule has 0 fully saturated rings. The van der Waals surface area contributed by atoms with E-state index in [1.807, 2.05) is 30.3 Å². The van der Waals surface area contributed by atoms with E-state index < -0.39 is 5.97 Å². The van der Waals surface area contributed by atoms with Crippen molar-refractivity contribution < 1.29 is 14.6 Å². The maximum atomic E-state index is 10.7. The Kier molecular flexibility index (Phi) is 4.88. The number of hydrogen-bond donors (Lipinski definition) is 2. The molecule has 20 heavy (non-hydrogen) atoms. The largest absolute Gasteiger partial charge is 0.494 e. The number of anilines is 1. The van der Waals surface area contributed by atoms with Crippen LogP contribution in [0.3, 0.4) is 0 Å². The highest BCUT2D eigenvalue weighted by atomic mass is 16.5. The molecule has 1 aromatic heterocycles. The van der Waals surface area contributed by atoms with Crippen molar-refractivity contribution in [3.63, 3.8) is 0 Å². The van der Waals surface area contributed by atoms with Crippen molar-refractivity contribution in [1.29, 1.82) is 0 Å². The molecule has 2 N–H and O–H groups in total. The van der Waals surface area contributed by atoms with Gasteiger partial charge in [0.25, 0.3) is 0 Å². The highest BCUT2D eigenvalue weighted by Gasteiger charge is 2.05. The third kappa shape index (κ3) is 4.24. The predicted octanol–water partition coefficient (Wildman–Crippen LogP) is 2.06. The first kappa shape index (κ1) is 13.8. The summed E-state index contributed by atoms with van der Waals surface area (Å²) in [6, 6.07) is 9.56. The Bertz CT molecular complexity index is 561. The number of aromatic nitrogens is 2. The van der Waals surface area contributed by atoms with E-state index in [0.29, 0.717) is 19.0 Å². The zero-order valence-corrected chi connectivity index (χ0v) is 10.8. The standard InChI is InChI=1S/C14H15N3O3/c18-14(19)12-9-15-10-13(17-12)16-7-4-8-20-11-5-2-1-3-6-11/h1-3,5-6,9-10H,4,7-8H2,(H,16,17)(H,18,19). The number of hydrogen-bond acceptors (Lipinski definition) is 5. The molecular weight excluding hydrogens is 258 g/mol. The predicted molar refractivity (Wildman–Crippen MR) is 74.0 cm³/mol. The van der Waals surface area contributed by atoms with Gasteiger partial charge in [0.05, 0.1) is 19.0 Å². The number of nitrogens with zero attached hydrogens (tertiary/aromatic N) is 2. The molecule has 0 saturated carbocycles. The fourth-order valence-corrected chi connectivity index (χ4v) is 1.55. The summed E-state index contributed by atoms with van der Waals surface area (Å²) in [7, 11) is 0. The summed E-state index contributed by atoms with van der Waals surface area (Å²) in [5.74, 6) is 0.193. The molecule has 6 nitrogen and oxygen atoms in total. The average molecular weight is 273 g/mol. The van der Waals surface area contributed by atoms with Gasteiger partial charge < -0.3 is 15.2 Å². The fraction of sp³-hybridized carbons (Fsp3) is 0.214. The van der Waals surface area contributed by atoms with E-state index >= 15 is 0 Å². The second kappa shape index (κ2) is 7.08. The van der Waals surface area contributed by atoms with Crippen molar-refractivity contribution >= 4 is 11.8 Å². The number of ether oxygens (including phenoxy) is 1. The summed E-state index contributed by atoms with van der Waals surface area (Å²) < 4.78 is 5.54. The average Bonchev–Trinajstić information content (AvgIpc) is 2.48. The van der Waals surface area contributed by atoms with Gasteiger partial charge in [-0.1, -0.05) is 18.2 Å². The van der Waals surface area contributed by atoms with Gasteiger partial charge in [0.2, 0.25) is 0 Å². The van der Waals surface area contributed by atoms with Crippen molar-refractivity contribution in [2.45, 2.75) is 6.42 Å². The second-order valence-corrected chi connectivity index (χ2v) is 4.04. The molecule has 0 radical (unpaired) electrons. The maximum Gasteiger partial charge on any atom is 0.356 e. The first-order chi connectivity index (χ1) is 9.75. The van der Waals surface area contributed by atoms with Crippen molar-refractivity contribution in [2.75, 3.05) is 18.5 Å². The van der Waals surface area contributed by atoms with Gasteiger partial charge in [0.15, 0.2) is 5.69 Å². The van der Waals surface area contributed by atoms with Crippen LogP contribution in [0.25, 0.3) is 0 Å². The number of carbonyl (C=O) groups is 1. The third-order valence-electron chi connectivity index (χ3n) is 2.49. The summed E-state index contributed by atoms with van der Waals surface area (Å²) in [5, 5.41) is 11.8. The van der Waals surface area contributed by atoms with E-state index in [-0.39, 0.29) is 5.69 Å². The van der Waals surface area contributed by atoms with Crippen LogP contribution in [-0.4, -0.2) is 34.2 Å². The molecule has 0 aliphatic heterocycles. The molecule has 0 aliphatic carbocycles. The fourth-order valence-electron chi connectivity index (χ4n) is 1.55. The Morgan fingerprint density at radius 3 is 2.80 bits per heavy atom. The van der Waals surface area contributed by atoms with Crippen molar-refractivity contribution in [2.24, 2.45) is 0 Å². The van der Waals surface area contributed by atoms with E-state index in [9.17, 15) is 4.79 Å². The lowest BCUT2D eigenvalue weighted by atomic mass is 10.3. The number of aromatic carboxylic acids is 1. The Morgan fingerprint density at radius 2 is 2.05 bits per heavy atom. The molecule has 104 valence electrons. The zero-order chi connectivity index (χ0) is 14.2. The Hall–Kier alpha value is -2.63. The number of carboxylic acids is 1. The van der Waals surface area contributed by atoms with E-state index in [1.165, 1.54) is 12.4 Å². The van der Waals surface area contributed by atoms with E-state index in [2.05, 4.69) is 15.3 Å². The van der Waals surface area contributed by atoms with Crippen LogP contribution < -0.4 is 10.1 Å². The summed E-state index contributed by atoms with van der Waals surface area (Å²) in [6.45, 7) is 1.20. The van der Waals surface area contributed by atoms with Crippen molar-refractivity contribution in [1.82, 2.24) is 9.97 Å². The van der Waals surface area contributed by atoms with Gasteiger partial charge in [-0.05, 0) is 18.6 Å². The minimum absolute atomic E-state index is 0.0736. The number of nitrogens with one attached hydrogen (secondary N) is 1. The van der Waals surface area contributed by atoms with E-state index in [0.717, 1.165) is 12.2 Å². The van der Waals surface area contributed by atoms with Gasteiger partial charge in [-0.3, -0.25) is 4.98 Å². The Labute approximate surface area is 116 Å². The maximum absolute atomic E-state index is 10.7. The molecular formula is C14H15N3O3. The molecule has 6 heteroatoms. The van der Waals surface area contributed by atoms with Gasteiger partial charge in [0.1, 0.15) is 11.6 Å². The van der Waals surface area contributed by atoms with Gasteiger partial charge in [-0.15, -0.1) is 0 Å². The van der Waals surface area contributed by atoms with Crippen LogP contribution in [0.2, 0.25) is 0 Å². The molecule has 0 bridgehead atoms. The van der Waals surface area contributed by atoms with Crippen LogP contribution in [0.15, 0.2) is 42.7 Å². The lowest BCUT2D eigenvalue weighted by Gasteiger charge is -2.07. The Morgan fingerprint density at radius 1 is 1.25 bits per heavy atom. The molecule has 0 unspecified atom stereocenters. The van der Waals surface area contributed by atoms with Crippen molar-refractivity contribution in [3.8, 4) is 5.75 Å². The van der Waals surface area contributed by atoms with Gasteiger partial charge in [0, 0.05) is 6.54 Å². The molecule has 0 atom stereocenters. The van der Waals surface area contributed by atoms with Crippen LogP contribution in [0.1, 0.15) is 16.9 Å². The minimum atomic E-state index is -1.09. The first-order valence-corrected chi connectivity index (χ1v) is 6.23. The number of rotatable bonds is 7. The molecule has 0 spiro atoms. The topological polar surface area (TPSA) is 84.3 Å². The number of para-hydroxylation sites is 1. The highest BCUT2D eigenvalue weighted by Crippen LogP contribution is 2.08. The monoisotopic (exact) mass is 273 g/mol. The van der Waals surface area contributed by atoms with Crippen molar-refractivity contribution in [3.05, 3.63) is 48.4 Å². The summed E-state index contributed by atoms with van der Waals surface area (Å²) >= 11 is 0. The molecule has 1 aromatic carbocycles. The smallest absolute Gasteiger partial charge is 0.356 e. The number of benzene rings is 1. The van der Waals surface area contributed by atoms with Gasteiger partial charge in [-0.25, -0.2) is 9.78 Å². The molecule has 0 aliphatic rings. The van der Waals surface area contributed by atoms with Crippen LogP contribution in [0, 0.1) is 0 Å². The number of carboxylic acid groups (broad SMARTS) is 1. The second-order valence-electron chi connectivity index (χ2n) is 4.04.